The van der Waals surface area contributed by atoms with Crippen LogP contribution in [0.2, 0.25) is 0 Å². The summed E-state index contributed by atoms with van der Waals surface area (Å²) in [5, 5.41) is 0. The summed E-state index contributed by atoms with van der Waals surface area (Å²) in [6, 6.07) is 6.22. The fourth-order valence-corrected chi connectivity index (χ4v) is 3.74. The first-order valence-electron chi connectivity index (χ1n) is 10.1. The molecule has 154 valence electrons. The predicted molar refractivity (Wildman–Crippen MR) is 106 cm³/mol. The van der Waals surface area contributed by atoms with E-state index in [1.165, 1.54) is 5.56 Å². The molecule has 0 radical (unpaired) electrons. The second-order valence-electron chi connectivity index (χ2n) is 7.56. The standard InChI is InChI=1S/C21H31N3O4/c1-4-16(2)24(17(3)25)8-7-21(26)23-11-9-22(10-12-23)14-18-5-6-19-20(13-18)28-15-27-19/h5-6,13,16H,4,7-12,14-15H2,1-3H3. The van der Waals surface area contributed by atoms with E-state index in [1.54, 1.807) is 11.8 Å². The largest absolute Gasteiger partial charge is 0.454 e. The number of benzene rings is 1. The number of carbonyl (C=O) groups is 2. The zero-order valence-electron chi connectivity index (χ0n) is 17.1. The second-order valence-corrected chi connectivity index (χ2v) is 7.56. The molecule has 1 aromatic rings. The second kappa shape index (κ2) is 9.28. The van der Waals surface area contributed by atoms with Gasteiger partial charge >= 0.3 is 0 Å². The van der Waals surface area contributed by atoms with Crippen molar-refractivity contribution in [2.45, 2.75) is 46.2 Å². The molecule has 0 saturated carbocycles. The van der Waals surface area contributed by atoms with E-state index in [4.69, 9.17) is 9.47 Å². The molecule has 7 heteroatoms. The van der Waals surface area contributed by atoms with Crippen LogP contribution in [0.4, 0.5) is 0 Å². The first-order valence-corrected chi connectivity index (χ1v) is 10.1. The third kappa shape index (κ3) is 4.95. The van der Waals surface area contributed by atoms with Crippen LogP contribution in [0.25, 0.3) is 0 Å². The topological polar surface area (TPSA) is 62.3 Å². The van der Waals surface area contributed by atoms with Gasteiger partial charge in [-0.15, -0.1) is 0 Å². The molecule has 2 amide bonds. The Morgan fingerprint density at radius 2 is 1.86 bits per heavy atom. The Kier molecular flexibility index (Phi) is 6.78. The van der Waals surface area contributed by atoms with Crippen molar-refractivity contribution in [3.63, 3.8) is 0 Å². The highest BCUT2D eigenvalue weighted by atomic mass is 16.7. The van der Waals surface area contributed by atoms with Crippen LogP contribution in [0, 0.1) is 0 Å². The van der Waals surface area contributed by atoms with Gasteiger partial charge in [0.25, 0.3) is 0 Å². The van der Waals surface area contributed by atoms with E-state index >= 15 is 0 Å². The van der Waals surface area contributed by atoms with E-state index in [1.807, 2.05) is 24.0 Å². The third-order valence-corrected chi connectivity index (χ3v) is 5.66. The lowest BCUT2D eigenvalue weighted by Gasteiger charge is -2.35. The van der Waals surface area contributed by atoms with Gasteiger partial charge < -0.3 is 19.3 Å². The maximum Gasteiger partial charge on any atom is 0.231 e. The van der Waals surface area contributed by atoms with E-state index in [2.05, 4.69) is 17.9 Å². The zero-order valence-corrected chi connectivity index (χ0v) is 17.1. The van der Waals surface area contributed by atoms with Gasteiger partial charge in [0.05, 0.1) is 0 Å². The van der Waals surface area contributed by atoms with E-state index in [-0.39, 0.29) is 24.6 Å². The lowest BCUT2D eigenvalue weighted by Crippen LogP contribution is -2.49. The summed E-state index contributed by atoms with van der Waals surface area (Å²) in [6.45, 7) is 10.4. The molecule has 2 aliphatic heterocycles. The van der Waals surface area contributed by atoms with E-state index in [9.17, 15) is 9.59 Å². The molecule has 1 fully saturated rings. The van der Waals surface area contributed by atoms with Crippen LogP contribution in [0.5, 0.6) is 11.5 Å². The number of rotatable bonds is 7. The molecule has 1 saturated heterocycles. The van der Waals surface area contributed by atoms with Crippen LogP contribution in [-0.4, -0.2) is 72.1 Å². The number of carbonyl (C=O) groups excluding carboxylic acids is 2. The van der Waals surface area contributed by atoms with Crippen molar-refractivity contribution in [1.82, 2.24) is 14.7 Å². The van der Waals surface area contributed by atoms with Crippen molar-refractivity contribution in [2.24, 2.45) is 0 Å². The number of nitrogens with zero attached hydrogens (tertiary/aromatic N) is 3. The van der Waals surface area contributed by atoms with Crippen LogP contribution in [0.3, 0.4) is 0 Å². The molecule has 2 heterocycles. The first-order chi connectivity index (χ1) is 13.5. The van der Waals surface area contributed by atoms with Crippen LogP contribution >= 0.6 is 0 Å². The maximum absolute atomic E-state index is 12.6. The van der Waals surface area contributed by atoms with Gasteiger partial charge in [-0.2, -0.15) is 0 Å². The van der Waals surface area contributed by atoms with Crippen molar-refractivity contribution in [1.29, 1.82) is 0 Å². The van der Waals surface area contributed by atoms with Gasteiger partial charge in [0.15, 0.2) is 11.5 Å². The summed E-state index contributed by atoms with van der Waals surface area (Å²) < 4.78 is 10.8. The molecule has 0 aromatic heterocycles. The molecular weight excluding hydrogens is 358 g/mol. The minimum absolute atomic E-state index is 0.0377. The lowest BCUT2D eigenvalue weighted by molar-refractivity contribution is -0.135. The average molecular weight is 389 g/mol. The molecule has 1 aromatic carbocycles. The lowest BCUT2D eigenvalue weighted by atomic mass is 10.1. The number of hydrogen-bond acceptors (Lipinski definition) is 5. The highest BCUT2D eigenvalue weighted by Gasteiger charge is 2.23. The summed E-state index contributed by atoms with van der Waals surface area (Å²) >= 11 is 0. The molecule has 2 aliphatic rings. The Labute approximate surface area is 167 Å². The smallest absolute Gasteiger partial charge is 0.231 e. The molecule has 0 spiro atoms. The minimum atomic E-state index is 0.0377. The Balaban J connectivity index is 1.44. The van der Waals surface area contributed by atoms with Crippen molar-refractivity contribution in [2.75, 3.05) is 39.5 Å². The van der Waals surface area contributed by atoms with Gasteiger partial charge in [-0.3, -0.25) is 14.5 Å². The van der Waals surface area contributed by atoms with Gasteiger partial charge in [0.1, 0.15) is 0 Å². The fraction of sp³-hybridized carbons (Fsp3) is 0.619. The highest BCUT2D eigenvalue weighted by Crippen LogP contribution is 2.32. The van der Waals surface area contributed by atoms with Crippen molar-refractivity contribution in [3.05, 3.63) is 23.8 Å². The number of piperazine rings is 1. The Hall–Kier alpha value is -2.28. The fourth-order valence-electron chi connectivity index (χ4n) is 3.74. The van der Waals surface area contributed by atoms with Gasteiger partial charge in [-0.25, -0.2) is 0 Å². The SMILES string of the molecule is CCC(C)N(CCC(=O)N1CCN(Cc2ccc3c(c2)OCO3)CC1)C(C)=O. The summed E-state index contributed by atoms with van der Waals surface area (Å²) in [4.78, 5) is 30.4. The monoisotopic (exact) mass is 389 g/mol. The Bertz CT molecular complexity index is 701. The predicted octanol–water partition coefficient (Wildman–Crippen LogP) is 2.10. The van der Waals surface area contributed by atoms with Crippen LogP contribution in [0.1, 0.15) is 39.2 Å². The molecule has 0 bridgehead atoms. The summed E-state index contributed by atoms with van der Waals surface area (Å²) in [7, 11) is 0. The molecular formula is C21H31N3O4. The van der Waals surface area contributed by atoms with Crippen LogP contribution in [0.15, 0.2) is 18.2 Å². The van der Waals surface area contributed by atoms with Gasteiger partial charge in [0.2, 0.25) is 18.6 Å². The number of ether oxygens (including phenoxy) is 2. The van der Waals surface area contributed by atoms with Crippen molar-refractivity contribution >= 4 is 11.8 Å². The molecule has 0 aliphatic carbocycles. The summed E-state index contributed by atoms with van der Waals surface area (Å²) in [5.74, 6) is 1.78. The normalized spacial score (nSPS) is 17.5. The average Bonchev–Trinajstić information content (AvgIpc) is 3.16. The number of amides is 2. The molecule has 3 rings (SSSR count). The summed E-state index contributed by atoms with van der Waals surface area (Å²) in [6.07, 6.45) is 1.29. The molecule has 28 heavy (non-hydrogen) atoms. The first kappa shape index (κ1) is 20.5. The van der Waals surface area contributed by atoms with E-state index < -0.39 is 0 Å². The Morgan fingerprint density at radius 3 is 2.54 bits per heavy atom. The highest BCUT2D eigenvalue weighted by molar-refractivity contribution is 5.78. The molecule has 7 nitrogen and oxygen atoms in total. The zero-order chi connectivity index (χ0) is 20.1. The van der Waals surface area contributed by atoms with E-state index in [0.717, 1.165) is 50.6 Å². The number of hydrogen-bond donors (Lipinski definition) is 0. The quantitative estimate of drug-likeness (QED) is 0.715. The number of fused-ring (bicyclic) bond motifs is 1. The van der Waals surface area contributed by atoms with Crippen molar-refractivity contribution < 1.29 is 19.1 Å². The van der Waals surface area contributed by atoms with Gasteiger partial charge in [-0.05, 0) is 31.0 Å². The molecule has 0 N–H and O–H groups in total. The van der Waals surface area contributed by atoms with Gasteiger partial charge in [-0.1, -0.05) is 13.0 Å². The van der Waals surface area contributed by atoms with Crippen LogP contribution < -0.4 is 9.47 Å². The minimum Gasteiger partial charge on any atom is -0.454 e. The summed E-state index contributed by atoms with van der Waals surface area (Å²) in [5.41, 5.74) is 1.19. The molecule has 1 atom stereocenters. The molecule has 1 unspecified atom stereocenters. The Morgan fingerprint density at radius 1 is 1.14 bits per heavy atom. The maximum atomic E-state index is 12.6. The van der Waals surface area contributed by atoms with Crippen molar-refractivity contribution in [3.8, 4) is 11.5 Å². The van der Waals surface area contributed by atoms with Crippen LogP contribution in [-0.2, 0) is 16.1 Å². The van der Waals surface area contributed by atoms with Gasteiger partial charge in [0, 0.05) is 58.7 Å². The van der Waals surface area contributed by atoms with E-state index in [0.29, 0.717) is 13.0 Å². The third-order valence-electron chi connectivity index (χ3n) is 5.66.